The summed E-state index contributed by atoms with van der Waals surface area (Å²) in [5.74, 6) is -2.68. The molecule has 53 heavy (non-hydrogen) atoms. The van der Waals surface area contributed by atoms with Crippen LogP contribution in [-0.2, 0) is 42.6 Å². The first kappa shape index (κ1) is 37.0. The van der Waals surface area contributed by atoms with Gasteiger partial charge < -0.3 is 15.2 Å². The third kappa shape index (κ3) is 7.88. The first-order valence-corrected chi connectivity index (χ1v) is 16.3. The lowest BCUT2D eigenvalue weighted by Crippen LogP contribution is -2.44. The maximum absolute atomic E-state index is 14.3. The molecule has 17 heteroatoms. The quantitative estimate of drug-likeness (QED) is 0.140. The molecular formula is C36H31F7N8O2. The van der Waals surface area contributed by atoms with Gasteiger partial charge in [-0.1, -0.05) is 18.2 Å². The van der Waals surface area contributed by atoms with E-state index < -0.39 is 78.4 Å². The molecule has 0 radical (unpaired) electrons. The average Bonchev–Trinajstić information content (AvgIpc) is 3.64. The highest BCUT2D eigenvalue weighted by Gasteiger charge is 2.51. The first-order valence-electron chi connectivity index (χ1n) is 16.3. The monoisotopic (exact) mass is 740 g/mol. The van der Waals surface area contributed by atoms with Crippen molar-refractivity contribution in [2.45, 2.75) is 63.2 Å². The Labute approximate surface area is 298 Å². The highest BCUT2D eigenvalue weighted by Crippen LogP contribution is 2.38. The number of carbonyl (C=O) groups is 2. The fraction of sp³-hybridized carbons (Fsp3) is 0.306. The van der Waals surface area contributed by atoms with Gasteiger partial charge in [-0.3, -0.25) is 24.9 Å². The number of rotatable bonds is 10. The van der Waals surface area contributed by atoms with Gasteiger partial charge in [-0.15, -0.1) is 0 Å². The molecule has 6 rings (SSSR count). The van der Waals surface area contributed by atoms with E-state index >= 15 is 0 Å². The lowest BCUT2D eigenvalue weighted by Gasteiger charge is -2.28. The van der Waals surface area contributed by atoms with Crippen LogP contribution in [0.3, 0.4) is 0 Å². The highest BCUT2D eigenvalue weighted by atomic mass is 19.4. The predicted molar refractivity (Wildman–Crippen MR) is 178 cm³/mol. The Hall–Kier alpha value is -5.74. The summed E-state index contributed by atoms with van der Waals surface area (Å²) in [7, 11) is 1.65. The van der Waals surface area contributed by atoms with E-state index in [-0.39, 0.29) is 24.2 Å². The summed E-state index contributed by atoms with van der Waals surface area (Å²) in [5.41, 5.74) is -1.28. The Balaban J connectivity index is 1.24. The molecule has 2 N–H and O–H groups in total. The van der Waals surface area contributed by atoms with Crippen molar-refractivity contribution in [3.8, 4) is 11.4 Å². The van der Waals surface area contributed by atoms with Crippen LogP contribution in [0.15, 0.2) is 72.0 Å². The molecule has 4 aromatic rings. The predicted octanol–water partition coefficient (Wildman–Crippen LogP) is 6.59. The van der Waals surface area contributed by atoms with Crippen molar-refractivity contribution < 1.29 is 40.3 Å². The van der Waals surface area contributed by atoms with Crippen molar-refractivity contribution in [1.82, 2.24) is 30.1 Å². The number of benzene rings is 2. The second-order valence-corrected chi connectivity index (χ2v) is 12.6. The van der Waals surface area contributed by atoms with Crippen LogP contribution in [0.1, 0.15) is 63.3 Å². The van der Waals surface area contributed by atoms with Crippen molar-refractivity contribution in [3.63, 3.8) is 0 Å². The third-order valence-electron chi connectivity index (χ3n) is 9.03. The van der Waals surface area contributed by atoms with E-state index in [1.54, 1.807) is 31.6 Å². The average molecular weight is 741 g/mol. The van der Waals surface area contributed by atoms with Crippen LogP contribution in [0.2, 0.25) is 0 Å². The highest BCUT2D eigenvalue weighted by molar-refractivity contribution is 6.08. The number of amides is 2. The van der Waals surface area contributed by atoms with Gasteiger partial charge >= 0.3 is 12.4 Å². The van der Waals surface area contributed by atoms with Gasteiger partial charge in [0, 0.05) is 61.9 Å². The third-order valence-corrected chi connectivity index (χ3v) is 9.03. The zero-order valence-corrected chi connectivity index (χ0v) is 28.0. The van der Waals surface area contributed by atoms with Crippen LogP contribution in [0, 0.1) is 11.2 Å². The van der Waals surface area contributed by atoms with E-state index in [0.717, 1.165) is 34.9 Å². The van der Waals surface area contributed by atoms with Crippen LogP contribution < -0.4 is 5.32 Å². The normalized spacial score (nSPS) is 17.5. The number of nitrogens with one attached hydrogen (secondary N) is 2. The Morgan fingerprint density at radius 3 is 2.43 bits per heavy atom. The van der Waals surface area contributed by atoms with Gasteiger partial charge in [-0.2, -0.15) is 26.3 Å². The molecule has 2 aliphatic rings. The molecule has 0 saturated carbocycles. The largest absolute Gasteiger partial charge is 0.417 e. The van der Waals surface area contributed by atoms with Crippen LogP contribution in [-0.4, -0.2) is 62.0 Å². The first-order chi connectivity index (χ1) is 25.1. The SMILES string of the molecule is C/N=C/Cc1ccc(-c2ncc3c(n2)CN(C(=O)c2cc(CN4C(=N)N[C@](CCCC(F)(F)F)(c5ccc(F)cc5)C4=O)ccc2C(F)(F)F)C3)cn1. The molecule has 276 valence electrons. The van der Waals surface area contributed by atoms with Crippen molar-refractivity contribution >= 4 is 24.0 Å². The van der Waals surface area contributed by atoms with E-state index in [1.165, 1.54) is 23.2 Å². The lowest BCUT2D eigenvalue weighted by atomic mass is 9.84. The molecule has 4 heterocycles. The fourth-order valence-electron chi connectivity index (χ4n) is 6.37. The van der Waals surface area contributed by atoms with Gasteiger partial charge in [-0.05, 0) is 60.4 Å². The Bertz CT molecular complexity index is 2070. The number of carbonyl (C=O) groups excluding carboxylic acids is 2. The van der Waals surface area contributed by atoms with Crippen molar-refractivity contribution in [2.24, 2.45) is 4.99 Å². The zero-order chi connectivity index (χ0) is 38.1. The Kier molecular flexibility index (Phi) is 10.0. The molecule has 1 atom stereocenters. The standard InChI is InChI=1S/C36H31F7N8O2/c1-45-14-11-26-9-4-22(16-46-26)30-47-17-23-19-50(20-29(23)48-30)31(52)27-15-21(3-10-28(27)36(41,42)43)18-51-32(53)34(49-33(51)44,12-2-13-35(38,39)40)24-5-7-25(37)8-6-24/h3-10,14-17H,2,11-13,18-20H2,1H3,(H2,44,49)/b45-14+/t34-/m1/s1. The minimum Gasteiger partial charge on any atom is -0.338 e. The number of nitrogens with zero attached hydrogens (tertiary/aromatic N) is 6. The molecule has 2 aliphatic heterocycles. The minimum absolute atomic E-state index is 0.0476. The second-order valence-electron chi connectivity index (χ2n) is 12.6. The number of pyridine rings is 1. The number of alkyl halides is 6. The van der Waals surface area contributed by atoms with Gasteiger partial charge in [0.2, 0.25) is 0 Å². The number of aromatic nitrogens is 3. The molecule has 2 amide bonds. The molecule has 0 unspecified atom stereocenters. The molecule has 1 fully saturated rings. The molecule has 1 saturated heterocycles. The summed E-state index contributed by atoms with van der Waals surface area (Å²) < 4.78 is 95.7. The molecule has 2 aromatic heterocycles. The summed E-state index contributed by atoms with van der Waals surface area (Å²) in [6.45, 7) is -0.666. The van der Waals surface area contributed by atoms with Crippen molar-refractivity contribution in [2.75, 3.05) is 7.05 Å². The van der Waals surface area contributed by atoms with Crippen molar-refractivity contribution in [1.29, 1.82) is 5.41 Å². The van der Waals surface area contributed by atoms with Crippen LogP contribution in [0.5, 0.6) is 0 Å². The topological polar surface area (TPSA) is 128 Å². The maximum atomic E-state index is 14.3. The van der Waals surface area contributed by atoms with E-state index in [4.69, 9.17) is 5.41 Å². The van der Waals surface area contributed by atoms with E-state index in [0.29, 0.717) is 35.1 Å². The minimum atomic E-state index is -4.93. The number of fused-ring (bicyclic) bond motifs is 1. The van der Waals surface area contributed by atoms with Gasteiger partial charge in [0.05, 0.1) is 29.9 Å². The van der Waals surface area contributed by atoms with Gasteiger partial charge in [0.1, 0.15) is 11.4 Å². The van der Waals surface area contributed by atoms with E-state index in [1.807, 2.05) is 0 Å². The molecular weight excluding hydrogens is 709 g/mol. The number of guanidine groups is 1. The Morgan fingerprint density at radius 1 is 1.02 bits per heavy atom. The maximum Gasteiger partial charge on any atom is 0.417 e. The summed E-state index contributed by atoms with van der Waals surface area (Å²) in [6.07, 6.45) is -6.27. The number of hydrogen-bond acceptors (Lipinski definition) is 7. The number of hydrogen-bond donors (Lipinski definition) is 2. The fourth-order valence-corrected chi connectivity index (χ4v) is 6.37. The van der Waals surface area contributed by atoms with E-state index in [2.05, 4.69) is 25.3 Å². The van der Waals surface area contributed by atoms with Crippen LogP contribution in [0.4, 0.5) is 30.7 Å². The molecule has 0 spiro atoms. The van der Waals surface area contributed by atoms with Gasteiger partial charge in [0.25, 0.3) is 11.8 Å². The lowest BCUT2D eigenvalue weighted by molar-refractivity contribution is -0.140. The van der Waals surface area contributed by atoms with Crippen LogP contribution >= 0.6 is 0 Å². The summed E-state index contributed by atoms with van der Waals surface area (Å²) in [6, 6.07) is 10.8. The number of aliphatic imine (C=N–C) groups is 1. The summed E-state index contributed by atoms with van der Waals surface area (Å²) >= 11 is 0. The number of halogens is 7. The Morgan fingerprint density at radius 2 is 1.77 bits per heavy atom. The molecule has 0 aliphatic carbocycles. The van der Waals surface area contributed by atoms with Crippen molar-refractivity contribution in [3.05, 3.63) is 112 Å². The smallest absolute Gasteiger partial charge is 0.338 e. The summed E-state index contributed by atoms with van der Waals surface area (Å²) in [5, 5.41) is 11.2. The summed E-state index contributed by atoms with van der Waals surface area (Å²) in [4.78, 5) is 47.0. The van der Waals surface area contributed by atoms with Gasteiger partial charge in [-0.25, -0.2) is 14.4 Å². The van der Waals surface area contributed by atoms with E-state index in [9.17, 15) is 40.3 Å². The van der Waals surface area contributed by atoms with Gasteiger partial charge in [0.15, 0.2) is 11.8 Å². The zero-order valence-electron chi connectivity index (χ0n) is 28.0. The molecule has 0 bridgehead atoms. The van der Waals surface area contributed by atoms with Crippen LogP contribution in [0.25, 0.3) is 11.4 Å². The molecule has 10 nitrogen and oxygen atoms in total. The molecule has 2 aromatic carbocycles. The second kappa shape index (κ2) is 14.4.